The Bertz CT molecular complexity index is 992. The lowest BCUT2D eigenvalue weighted by atomic mass is 9.98. The molecule has 1 aromatic heterocycles. The van der Waals surface area contributed by atoms with Crippen LogP contribution in [0, 0.1) is 0 Å². The molecule has 2 atom stereocenters. The summed E-state index contributed by atoms with van der Waals surface area (Å²) in [4.78, 5) is 8.25. The van der Waals surface area contributed by atoms with Gasteiger partial charge in [0.05, 0.1) is 18.3 Å². The number of ether oxygens (including phenoxy) is 3. The van der Waals surface area contributed by atoms with Gasteiger partial charge >= 0.3 is 0 Å². The first-order valence-electron chi connectivity index (χ1n) is 10.7. The number of nitrogens with zero attached hydrogens (tertiary/aromatic N) is 2. The summed E-state index contributed by atoms with van der Waals surface area (Å²) in [7, 11) is 1.75. The highest BCUT2D eigenvalue weighted by atomic mass is 16.5. The van der Waals surface area contributed by atoms with Gasteiger partial charge in [-0.1, -0.05) is 12.1 Å². The molecule has 4 rings (SSSR count). The van der Waals surface area contributed by atoms with Gasteiger partial charge in [0.1, 0.15) is 29.7 Å². The second-order valence-electron chi connectivity index (χ2n) is 7.78. The lowest BCUT2D eigenvalue weighted by molar-refractivity contribution is 0.0947. The molecule has 0 saturated heterocycles. The van der Waals surface area contributed by atoms with Gasteiger partial charge < -0.3 is 19.3 Å². The van der Waals surface area contributed by atoms with Crippen molar-refractivity contribution in [3.05, 3.63) is 66.2 Å². The predicted octanol–water partition coefficient (Wildman–Crippen LogP) is 4.79. The number of phenols is 1. The van der Waals surface area contributed by atoms with E-state index in [1.54, 1.807) is 19.2 Å². The third-order valence-corrected chi connectivity index (χ3v) is 5.57. The molecule has 1 aliphatic rings. The molecule has 2 unspecified atom stereocenters. The Morgan fingerprint density at radius 2 is 1.68 bits per heavy atom. The first kappa shape index (κ1) is 21.1. The summed E-state index contributed by atoms with van der Waals surface area (Å²) in [5.41, 5.74) is 3.92. The Morgan fingerprint density at radius 1 is 0.968 bits per heavy atom. The zero-order valence-corrected chi connectivity index (χ0v) is 18.0. The van der Waals surface area contributed by atoms with Crippen molar-refractivity contribution in [2.45, 2.75) is 44.8 Å². The first-order chi connectivity index (χ1) is 15.2. The molecule has 0 bridgehead atoms. The summed E-state index contributed by atoms with van der Waals surface area (Å²) in [5, 5.41) is 9.75. The molecule has 0 spiro atoms. The number of rotatable bonds is 8. The van der Waals surface area contributed by atoms with Crippen molar-refractivity contribution in [3.8, 4) is 28.4 Å². The van der Waals surface area contributed by atoms with Crippen molar-refractivity contribution in [1.29, 1.82) is 0 Å². The molecule has 31 heavy (non-hydrogen) atoms. The van der Waals surface area contributed by atoms with Crippen LogP contribution < -0.4 is 9.47 Å². The zero-order chi connectivity index (χ0) is 21.6. The Hall–Kier alpha value is -3.12. The second-order valence-corrected chi connectivity index (χ2v) is 7.78. The van der Waals surface area contributed by atoms with E-state index in [0.29, 0.717) is 13.0 Å². The minimum absolute atomic E-state index is 0.0885. The molecule has 1 N–H and O–H groups in total. The number of methoxy groups -OCH3 is 1. The van der Waals surface area contributed by atoms with E-state index < -0.39 is 0 Å². The van der Waals surface area contributed by atoms with E-state index in [1.807, 2.05) is 31.5 Å². The SMILES string of the molecule is CCOc1cc(Cc2cncnc2)cc(OC2CCC(OC)C2)c1-c1ccc(O)cc1. The zero-order valence-electron chi connectivity index (χ0n) is 18.0. The highest BCUT2D eigenvalue weighted by Gasteiger charge is 2.27. The van der Waals surface area contributed by atoms with Crippen LogP contribution in [0.15, 0.2) is 55.1 Å². The molecule has 1 fully saturated rings. The maximum absolute atomic E-state index is 9.75. The maximum atomic E-state index is 9.75. The lowest BCUT2D eigenvalue weighted by Gasteiger charge is -2.21. The summed E-state index contributed by atoms with van der Waals surface area (Å²) >= 11 is 0. The molecule has 2 aromatic carbocycles. The van der Waals surface area contributed by atoms with Gasteiger partial charge in [-0.15, -0.1) is 0 Å². The van der Waals surface area contributed by atoms with Crippen LogP contribution in [0.5, 0.6) is 17.2 Å². The minimum atomic E-state index is 0.0885. The summed E-state index contributed by atoms with van der Waals surface area (Å²) < 4.78 is 18.1. The Kier molecular flexibility index (Phi) is 6.67. The van der Waals surface area contributed by atoms with Gasteiger partial charge in [0.25, 0.3) is 0 Å². The van der Waals surface area contributed by atoms with Crippen LogP contribution in [0.3, 0.4) is 0 Å². The number of aromatic hydroxyl groups is 1. The second kappa shape index (κ2) is 9.79. The maximum Gasteiger partial charge on any atom is 0.131 e. The molecule has 3 aromatic rings. The molecule has 6 nitrogen and oxygen atoms in total. The van der Waals surface area contributed by atoms with Gasteiger partial charge in [-0.2, -0.15) is 0 Å². The van der Waals surface area contributed by atoms with Gasteiger partial charge in [-0.05, 0) is 60.7 Å². The average molecular weight is 421 g/mol. The van der Waals surface area contributed by atoms with Crippen molar-refractivity contribution in [3.63, 3.8) is 0 Å². The molecule has 162 valence electrons. The van der Waals surface area contributed by atoms with Crippen LogP contribution in [-0.2, 0) is 11.2 Å². The largest absolute Gasteiger partial charge is 0.508 e. The summed E-state index contributed by atoms with van der Waals surface area (Å²) in [6, 6.07) is 11.3. The molecule has 0 radical (unpaired) electrons. The standard InChI is InChI=1S/C25H28N2O4/c1-3-30-23-11-17(10-18-14-26-16-27-15-18)12-24(31-22-9-8-21(13-22)29-2)25(23)19-4-6-20(28)7-5-19/h4-7,11-12,14-16,21-22,28H,3,8-10,13H2,1-2H3. The van der Waals surface area contributed by atoms with Crippen LogP contribution in [0.25, 0.3) is 11.1 Å². The molecule has 1 aliphatic carbocycles. The Balaban J connectivity index is 1.75. The van der Waals surface area contributed by atoms with E-state index >= 15 is 0 Å². The Labute approximate surface area is 182 Å². The monoisotopic (exact) mass is 420 g/mol. The van der Waals surface area contributed by atoms with Gasteiger partial charge in [-0.3, -0.25) is 0 Å². The third kappa shape index (κ3) is 5.14. The van der Waals surface area contributed by atoms with E-state index in [2.05, 4.69) is 22.1 Å². The van der Waals surface area contributed by atoms with Gasteiger partial charge in [-0.25, -0.2) is 9.97 Å². The molecular weight excluding hydrogens is 392 g/mol. The van der Waals surface area contributed by atoms with E-state index in [-0.39, 0.29) is 18.0 Å². The number of hydrogen-bond acceptors (Lipinski definition) is 6. The highest BCUT2D eigenvalue weighted by molar-refractivity contribution is 5.78. The summed E-state index contributed by atoms with van der Waals surface area (Å²) in [6.45, 7) is 2.51. The smallest absolute Gasteiger partial charge is 0.131 e. The van der Waals surface area contributed by atoms with Crippen LogP contribution in [0.4, 0.5) is 0 Å². The molecule has 6 heteroatoms. The number of aromatic nitrogens is 2. The molecular formula is C25H28N2O4. The quantitative estimate of drug-likeness (QED) is 0.565. The normalized spacial score (nSPS) is 18.1. The van der Waals surface area contributed by atoms with Crippen LogP contribution in [0.1, 0.15) is 37.3 Å². The van der Waals surface area contributed by atoms with E-state index in [0.717, 1.165) is 53.0 Å². The topological polar surface area (TPSA) is 73.7 Å². The fourth-order valence-electron chi connectivity index (χ4n) is 4.08. The van der Waals surface area contributed by atoms with E-state index in [1.165, 1.54) is 6.33 Å². The van der Waals surface area contributed by atoms with E-state index in [4.69, 9.17) is 14.2 Å². The number of phenolic OH excluding ortho intramolecular Hbond substituents is 1. The summed E-state index contributed by atoms with van der Waals surface area (Å²) in [5.74, 6) is 1.77. The number of hydrogen-bond donors (Lipinski definition) is 1. The van der Waals surface area contributed by atoms with E-state index in [9.17, 15) is 5.11 Å². The molecule has 0 amide bonds. The molecule has 0 aliphatic heterocycles. The average Bonchev–Trinajstić information content (AvgIpc) is 3.23. The van der Waals surface area contributed by atoms with Gasteiger partial charge in [0.2, 0.25) is 0 Å². The molecule has 1 saturated carbocycles. The third-order valence-electron chi connectivity index (χ3n) is 5.57. The van der Waals surface area contributed by atoms with Crippen molar-refractivity contribution in [2.24, 2.45) is 0 Å². The minimum Gasteiger partial charge on any atom is -0.508 e. The molecule has 1 heterocycles. The highest BCUT2D eigenvalue weighted by Crippen LogP contribution is 2.42. The van der Waals surface area contributed by atoms with Crippen LogP contribution in [0.2, 0.25) is 0 Å². The number of benzene rings is 2. The first-order valence-corrected chi connectivity index (χ1v) is 10.7. The van der Waals surface area contributed by atoms with Crippen molar-refractivity contribution in [2.75, 3.05) is 13.7 Å². The van der Waals surface area contributed by atoms with Crippen LogP contribution >= 0.6 is 0 Å². The lowest BCUT2D eigenvalue weighted by Crippen LogP contribution is -2.15. The predicted molar refractivity (Wildman–Crippen MR) is 119 cm³/mol. The fraction of sp³-hybridized carbons (Fsp3) is 0.360. The van der Waals surface area contributed by atoms with Crippen molar-refractivity contribution in [1.82, 2.24) is 9.97 Å². The summed E-state index contributed by atoms with van der Waals surface area (Å²) in [6.07, 6.45) is 8.99. The Morgan fingerprint density at radius 3 is 2.35 bits per heavy atom. The van der Waals surface area contributed by atoms with Crippen LogP contribution in [-0.4, -0.2) is 41.0 Å². The van der Waals surface area contributed by atoms with Gasteiger partial charge in [0, 0.05) is 32.3 Å². The van der Waals surface area contributed by atoms with Crippen molar-refractivity contribution >= 4 is 0 Å². The fourth-order valence-corrected chi connectivity index (χ4v) is 4.08. The van der Waals surface area contributed by atoms with Gasteiger partial charge in [0.15, 0.2) is 0 Å². The van der Waals surface area contributed by atoms with Crippen molar-refractivity contribution < 1.29 is 19.3 Å².